The summed E-state index contributed by atoms with van der Waals surface area (Å²) in [6.07, 6.45) is 2.63. The molecule has 35 heavy (non-hydrogen) atoms. The SMILES string of the molecule is Cc1oncc1C(=O)NCCCCC(NS(=O)(=O)CCc1ccc(-c2ccccc2)cc1)C(=O)O. The predicted molar refractivity (Wildman–Crippen MR) is 131 cm³/mol. The third-order valence-electron chi connectivity index (χ3n) is 5.54. The minimum Gasteiger partial charge on any atom is -0.480 e. The molecule has 1 amide bonds. The Bertz CT molecular complexity index is 1220. The molecular weight excluding hydrogens is 470 g/mol. The van der Waals surface area contributed by atoms with Gasteiger partial charge in [0, 0.05) is 6.54 Å². The Morgan fingerprint density at radius 1 is 1.03 bits per heavy atom. The second-order valence-electron chi connectivity index (χ2n) is 8.19. The van der Waals surface area contributed by atoms with E-state index in [0.717, 1.165) is 16.7 Å². The van der Waals surface area contributed by atoms with Crippen LogP contribution in [0.4, 0.5) is 0 Å². The maximum absolute atomic E-state index is 12.5. The van der Waals surface area contributed by atoms with Crippen molar-refractivity contribution in [3.63, 3.8) is 0 Å². The molecule has 2 aromatic carbocycles. The van der Waals surface area contributed by atoms with Gasteiger partial charge in [-0.05, 0) is 49.3 Å². The largest absolute Gasteiger partial charge is 0.480 e. The highest BCUT2D eigenvalue weighted by atomic mass is 32.2. The summed E-state index contributed by atoms with van der Waals surface area (Å²) in [5.74, 6) is -1.36. The number of rotatable bonds is 13. The predicted octanol–water partition coefficient (Wildman–Crippen LogP) is 3.17. The van der Waals surface area contributed by atoms with Crippen molar-refractivity contribution in [2.24, 2.45) is 0 Å². The van der Waals surface area contributed by atoms with Crippen LogP contribution in [0.15, 0.2) is 65.3 Å². The van der Waals surface area contributed by atoms with Gasteiger partial charge in [-0.25, -0.2) is 13.1 Å². The number of nitrogens with zero attached hydrogens (tertiary/aromatic N) is 1. The Morgan fingerprint density at radius 2 is 1.71 bits per heavy atom. The third-order valence-corrected chi connectivity index (χ3v) is 6.93. The summed E-state index contributed by atoms with van der Waals surface area (Å²) in [4.78, 5) is 23.6. The number of carbonyl (C=O) groups is 2. The van der Waals surface area contributed by atoms with Crippen LogP contribution in [0.2, 0.25) is 0 Å². The van der Waals surface area contributed by atoms with Gasteiger partial charge in [0.15, 0.2) is 0 Å². The van der Waals surface area contributed by atoms with E-state index in [1.807, 2.05) is 54.6 Å². The lowest BCUT2D eigenvalue weighted by Crippen LogP contribution is -2.42. The maximum Gasteiger partial charge on any atom is 0.321 e. The van der Waals surface area contributed by atoms with Crippen molar-refractivity contribution in [1.82, 2.24) is 15.2 Å². The zero-order valence-electron chi connectivity index (χ0n) is 19.4. The molecule has 0 spiro atoms. The Hall–Kier alpha value is -3.50. The summed E-state index contributed by atoms with van der Waals surface area (Å²) >= 11 is 0. The molecule has 1 atom stereocenters. The second-order valence-corrected chi connectivity index (χ2v) is 10.1. The first kappa shape index (κ1) is 26.1. The van der Waals surface area contributed by atoms with Crippen LogP contribution >= 0.6 is 0 Å². The quantitative estimate of drug-likeness (QED) is 0.307. The fourth-order valence-corrected chi connectivity index (χ4v) is 4.82. The molecule has 186 valence electrons. The van der Waals surface area contributed by atoms with Gasteiger partial charge in [-0.1, -0.05) is 59.8 Å². The molecule has 10 heteroatoms. The fraction of sp³-hybridized carbons (Fsp3) is 0.320. The lowest BCUT2D eigenvalue weighted by atomic mass is 10.0. The molecule has 1 heterocycles. The Balaban J connectivity index is 1.43. The zero-order valence-corrected chi connectivity index (χ0v) is 20.3. The standard InChI is InChI=1S/C25H29N3O6S/c1-18-22(17-27-34-18)24(29)26-15-6-5-9-23(25(30)31)28-35(32,33)16-14-19-10-12-21(13-11-19)20-7-3-2-4-8-20/h2-4,7-8,10-13,17,23,28H,5-6,9,14-16H2,1H3,(H,26,29)(H,30,31). The fourth-order valence-electron chi connectivity index (χ4n) is 3.54. The molecule has 9 nitrogen and oxygen atoms in total. The van der Waals surface area contributed by atoms with Crippen LogP contribution in [0.5, 0.6) is 0 Å². The van der Waals surface area contributed by atoms with E-state index < -0.39 is 22.0 Å². The number of benzene rings is 2. The van der Waals surface area contributed by atoms with Gasteiger partial charge < -0.3 is 14.9 Å². The summed E-state index contributed by atoms with van der Waals surface area (Å²) in [6, 6.07) is 16.3. The third kappa shape index (κ3) is 8.04. The number of aromatic nitrogens is 1. The first-order chi connectivity index (χ1) is 16.7. The molecule has 1 unspecified atom stereocenters. The van der Waals surface area contributed by atoms with Crippen LogP contribution in [0.3, 0.4) is 0 Å². The summed E-state index contributed by atoms with van der Waals surface area (Å²) in [5.41, 5.74) is 3.30. The average molecular weight is 500 g/mol. The Kier molecular flexibility index (Phi) is 9.16. The van der Waals surface area contributed by atoms with Gasteiger partial charge in [0.1, 0.15) is 17.4 Å². The molecule has 0 bridgehead atoms. The van der Waals surface area contributed by atoms with Crippen LogP contribution in [-0.2, 0) is 21.2 Å². The van der Waals surface area contributed by atoms with Crippen LogP contribution in [0.1, 0.15) is 40.9 Å². The van der Waals surface area contributed by atoms with E-state index in [1.165, 1.54) is 6.20 Å². The van der Waals surface area contributed by atoms with Crippen molar-refractivity contribution in [2.45, 2.75) is 38.6 Å². The average Bonchev–Trinajstić information content (AvgIpc) is 3.28. The first-order valence-corrected chi connectivity index (χ1v) is 13.0. The molecule has 0 aliphatic heterocycles. The second kappa shape index (κ2) is 12.3. The minimum atomic E-state index is -3.79. The highest BCUT2D eigenvalue weighted by Gasteiger charge is 2.23. The summed E-state index contributed by atoms with van der Waals surface area (Å²) in [6.45, 7) is 1.95. The minimum absolute atomic E-state index is 0.114. The highest BCUT2D eigenvalue weighted by molar-refractivity contribution is 7.89. The number of unbranched alkanes of at least 4 members (excludes halogenated alkanes) is 1. The molecule has 0 radical (unpaired) electrons. The molecule has 0 aliphatic carbocycles. The Morgan fingerprint density at radius 3 is 2.34 bits per heavy atom. The summed E-state index contributed by atoms with van der Waals surface area (Å²) in [7, 11) is -3.79. The molecule has 3 rings (SSSR count). The molecule has 0 saturated heterocycles. The van der Waals surface area contributed by atoms with E-state index in [0.29, 0.717) is 30.7 Å². The van der Waals surface area contributed by atoms with Crippen molar-refractivity contribution < 1.29 is 27.6 Å². The van der Waals surface area contributed by atoms with Crippen LogP contribution in [0, 0.1) is 6.92 Å². The van der Waals surface area contributed by atoms with E-state index in [-0.39, 0.29) is 24.5 Å². The molecule has 1 aromatic heterocycles. The molecule has 0 saturated carbocycles. The topological polar surface area (TPSA) is 139 Å². The number of aliphatic carboxylic acids is 1. The molecular formula is C25H29N3O6S. The molecule has 3 aromatic rings. The van der Waals surface area contributed by atoms with Gasteiger partial charge in [-0.2, -0.15) is 0 Å². The highest BCUT2D eigenvalue weighted by Crippen LogP contribution is 2.19. The van der Waals surface area contributed by atoms with Crippen LogP contribution in [0.25, 0.3) is 11.1 Å². The normalized spacial score (nSPS) is 12.3. The number of hydrogen-bond acceptors (Lipinski definition) is 6. The number of hydrogen-bond donors (Lipinski definition) is 3. The number of carboxylic acids is 1. The molecule has 0 fully saturated rings. The van der Waals surface area contributed by atoms with Crippen molar-refractivity contribution in [2.75, 3.05) is 12.3 Å². The molecule has 3 N–H and O–H groups in total. The summed E-state index contributed by atoms with van der Waals surface area (Å²) < 4.78 is 32.1. The van der Waals surface area contributed by atoms with Gasteiger partial charge in [0.2, 0.25) is 10.0 Å². The van der Waals surface area contributed by atoms with Gasteiger partial charge in [0.05, 0.1) is 11.9 Å². The number of nitrogens with one attached hydrogen (secondary N) is 2. The lowest BCUT2D eigenvalue weighted by Gasteiger charge is -2.15. The van der Waals surface area contributed by atoms with E-state index in [2.05, 4.69) is 15.2 Å². The molecule has 0 aliphatic rings. The van der Waals surface area contributed by atoms with Crippen LogP contribution < -0.4 is 10.0 Å². The Labute approximate surface area is 204 Å². The smallest absolute Gasteiger partial charge is 0.321 e. The van der Waals surface area contributed by atoms with E-state index in [1.54, 1.807) is 6.92 Å². The van der Waals surface area contributed by atoms with Crippen molar-refractivity contribution in [3.05, 3.63) is 77.7 Å². The zero-order chi connectivity index (χ0) is 25.3. The maximum atomic E-state index is 12.5. The van der Waals surface area contributed by atoms with Gasteiger partial charge in [-0.15, -0.1) is 0 Å². The first-order valence-electron chi connectivity index (χ1n) is 11.3. The monoisotopic (exact) mass is 499 g/mol. The number of carbonyl (C=O) groups excluding carboxylic acids is 1. The van der Waals surface area contributed by atoms with Crippen molar-refractivity contribution in [3.8, 4) is 11.1 Å². The van der Waals surface area contributed by atoms with Crippen LogP contribution in [-0.4, -0.2) is 48.9 Å². The summed E-state index contributed by atoms with van der Waals surface area (Å²) in [5, 5.41) is 15.7. The number of sulfonamides is 1. The number of amides is 1. The lowest BCUT2D eigenvalue weighted by molar-refractivity contribution is -0.139. The number of carboxylic acid groups (broad SMARTS) is 1. The van der Waals surface area contributed by atoms with Crippen molar-refractivity contribution in [1.29, 1.82) is 0 Å². The van der Waals surface area contributed by atoms with Gasteiger partial charge in [0.25, 0.3) is 5.91 Å². The van der Waals surface area contributed by atoms with E-state index in [4.69, 9.17) is 4.52 Å². The van der Waals surface area contributed by atoms with E-state index in [9.17, 15) is 23.1 Å². The van der Waals surface area contributed by atoms with Gasteiger partial charge in [-0.3, -0.25) is 9.59 Å². The van der Waals surface area contributed by atoms with Gasteiger partial charge >= 0.3 is 5.97 Å². The van der Waals surface area contributed by atoms with E-state index >= 15 is 0 Å². The van der Waals surface area contributed by atoms with Crippen molar-refractivity contribution >= 4 is 21.9 Å². The number of aryl methyl sites for hydroxylation is 2.